The first-order chi connectivity index (χ1) is 13.9. The topological polar surface area (TPSA) is 58.8 Å². The molecular formula is C23H31N3O3. The molecule has 0 aliphatic carbocycles. The van der Waals surface area contributed by atoms with Crippen molar-refractivity contribution in [3.63, 3.8) is 0 Å². The average molecular weight is 398 g/mol. The maximum atomic E-state index is 13.4. The van der Waals surface area contributed by atoms with Gasteiger partial charge in [0, 0.05) is 24.7 Å². The molecule has 2 aromatic rings. The minimum Gasteiger partial charge on any atom is -0.497 e. The van der Waals surface area contributed by atoms with Crippen LogP contribution < -0.4 is 4.74 Å². The van der Waals surface area contributed by atoms with Gasteiger partial charge in [0.05, 0.1) is 12.8 Å². The number of benzene rings is 1. The summed E-state index contributed by atoms with van der Waals surface area (Å²) >= 11 is 0. The van der Waals surface area contributed by atoms with Crippen LogP contribution in [0.4, 0.5) is 0 Å². The summed E-state index contributed by atoms with van der Waals surface area (Å²) in [5.74, 6) is 2.49. The lowest BCUT2D eigenvalue weighted by Crippen LogP contribution is -2.61. The lowest BCUT2D eigenvalue weighted by Gasteiger charge is -2.46. The summed E-state index contributed by atoms with van der Waals surface area (Å²) in [6, 6.07) is 7.99. The van der Waals surface area contributed by atoms with Crippen LogP contribution >= 0.6 is 0 Å². The zero-order chi connectivity index (χ0) is 20.6. The number of hydrogen-bond acceptors (Lipinski definition) is 5. The zero-order valence-electron chi connectivity index (χ0n) is 17.9. The molecule has 0 N–H and O–H groups in total. The normalized spacial score (nSPS) is 22.8. The lowest BCUT2D eigenvalue weighted by molar-refractivity contribution is -0.149. The van der Waals surface area contributed by atoms with Crippen molar-refractivity contribution < 1.29 is 13.9 Å². The summed E-state index contributed by atoms with van der Waals surface area (Å²) < 4.78 is 11.3. The molecule has 2 saturated heterocycles. The number of carbonyl (C=O) groups is 1. The number of hydrogen-bond donors (Lipinski definition) is 0. The van der Waals surface area contributed by atoms with E-state index in [-0.39, 0.29) is 11.6 Å². The van der Waals surface area contributed by atoms with Crippen molar-refractivity contribution in [1.82, 2.24) is 14.8 Å². The summed E-state index contributed by atoms with van der Waals surface area (Å²) in [5, 5.41) is 0. The van der Waals surface area contributed by atoms with Crippen molar-refractivity contribution in [3.05, 3.63) is 35.7 Å². The van der Waals surface area contributed by atoms with Crippen molar-refractivity contribution in [2.24, 2.45) is 0 Å². The van der Waals surface area contributed by atoms with E-state index in [0.29, 0.717) is 18.3 Å². The number of piperidine rings is 1. The summed E-state index contributed by atoms with van der Waals surface area (Å²) in [6.45, 7) is 8.62. The van der Waals surface area contributed by atoms with Gasteiger partial charge in [0.2, 0.25) is 11.8 Å². The van der Waals surface area contributed by atoms with Crippen LogP contribution in [0.3, 0.4) is 0 Å². The van der Waals surface area contributed by atoms with Crippen LogP contribution in [0.15, 0.2) is 28.7 Å². The minimum absolute atomic E-state index is 0.246. The number of carbonyl (C=O) groups excluding carboxylic acids is 1. The van der Waals surface area contributed by atoms with Gasteiger partial charge >= 0.3 is 0 Å². The van der Waals surface area contributed by atoms with Gasteiger partial charge in [-0.3, -0.25) is 9.69 Å². The molecule has 6 nitrogen and oxygen atoms in total. The summed E-state index contributed by atoms with van der Waals surface area (Å²) in [6.07, 6.45) is 3.99. The Bertz CT molecular complexity index is 891. The van der Waals surface area contributed by atoms with Crippen molar-refractivity contribution in [3.8, 4) is 17.2 Å². The molecule has 6 heteroatoms. The average Bonchev–Trinajstić information content (AvgIpc) is 3.28. The Hall–Kier alpha value is -2.34. The largest absolute Gasteiger partial charge is 0.497 e. The van der Waals surface area contributed by atoms with Crippen LogP contribution in [0.2, 0.25) is 0 Å². The Balaban J connectivity index is 1.59. The van der Waals surface area contributed by atoms with E-state index < -0.39 is 0 Å². The number of methoxy groups -OCH3 is 1. The Morgan fingerprint density at radius 2 is 2.00 bits per heavy atom. The van der Waals surface area contributed by atoms with E-state index in [9.17, 15) is 4.79 Å². The van der Waals surface area contributed by atoms with E-state index in [4.69, 9.17) is 14.1 Å². The minimum atomic E-state index is -0.371. The second-order valence-corrected chi connectivity index (χ2v) is 8.51. The van der Waals surface area contributed by atoms with Gasteiger partial charge in [-0.05, 0) is 71.2 Å². The highest BCUT2D eigenvalue weighted by Gasteiger charge is 2.51. The number of oxazole rings is 1. The highest BCUT2D eigenvalue weighted by atomic mass is 16.5. The number of amides is 1. The van der Waals surface area contributed by atoms with Gasteiger partial charge in [0.1, 0.15) is 17.0 Å². The molecule has 2 aliphatic rings. The van der Waals surface area contributed by atoms with E-state index in [2.05, 4.69) is 23.6 Å². The molecule has 1 amide bonds. The SMILES string of the molecule is COc1cccc(-c2nc(CN3CCCC34CCCN(C(C)C)C4=O)c(C)o2)c1. The molecule has 1 aromatic heterocycles. The predicted molar refractivity (Wildman–Crippen MR) is 112 cm³/mol. The smallest absolute Gasteiger partial charge is 0.243 e. The number of rotatable bonds is 5. The second kappa shape index (κ2) is 7.82. The van der Waals surface area contributed by atoms with Gasteiger partial charge in [-0.25, -0.2) is 4.98 Å². The summed E-state index contributed by atoms with van der Waals surface area (Å²) in [5.41, 5.74) is 1.44. The van der Waals surface area contributed by atoms with E-state index in [0.717, 1.165) is 61.5 Å². The monoisotopic (exact) mass is 397 g/mol. The molecular weight excluding hydrogens is 366 g/mol. The number of likely N-dealkylation sites (tertiary alicyclic amines) is 2. The third-order valence-corrected chi connectivity index (χ3v) is 6.45. The fourth-order valence-electron chi connectivity index (χ4n) is 4.84. The van der Waals surface area contributed by atoms with E-state index in [1.165, 1.54) is 0 Å². The summed E-state index contributed by atoms with van der Waals surface area (Å²) in [4.78, 5) is 22.6. The van der Waals surface area contributed by atoms with Crippen LogP contribution in [0.5, 0.6) is 5.75 Å². The highest BCUT2D eigenvalue weighted by Crippen LogP contribution is 2.40. The number of aromatic nitrogens is 1. The Morgan fingerprint density at radius 1 is 1.24 bits per heavy atom. The van der Waals surface area contributed by atoms with Crippen LogP contribution in [0.1, 0.15) is 51.0 Å². The first kappa shape index (κ1) is 20.0. The molecule has 4 rings (SSSR count). The first-order valence-electron chi connectivity index (χ1n) is 10.6. The molecule has 1 atom stereocenters. The molecule has 1 aromatic carbocycles. The van der Waals surface area contributed by atoms with Crippen molar-refractivity contribution in [2.75, 3.05) is 20.2 Å². The molecule has 0 radical (unpaired) electrons. The molecule has 1 spiro atoms. The molecule has 3 heterocycles. The van der Waals surface area contributed by atoms with Crippen LogP contribution in [0.25, 0.3) is 11.5 Å². The predicted octanol–water partition coefficient (Wildman–Crippen LogP) is 4.02. The Morgan fingerprint density at radius 3 is 2.72 bits per heavy atom. The Labute approximate surface area is 172 Å². The van der Waals surface area contributed by atoms with Crippen molar-refractivity contribution in [1.29, 1.82) is 0 Å². The highest BCUT2D eigenvalue weighted by molar-refractivity contribution is 5.87. The molecule has 0 bridgehead atoms. The van der Waals surface area contributed by atoms with E-state index in [1.807, 2.05) is 31.2 Å². The third-order valence-electron chi connectivity index (χ3n) is 6.45. The number of aryl methyl sites for hydroxylation is 1. The standard InChI is InChI=1S/C23H31N3O3/c1-16(2)26-13-7-11-23(22(26)27)10-6-12-25(23)15-20-17(3)29-21(24-20)18-8-5-9-19(14-18)28-4/h5,8-9,14,16H,6-7,10-13,15H2,1-4H3. The molecule has 29 heavy (non-hydrogen) atoms. The molecule has 156 valence electrons. The summed E-state index contributed by atoms with van der Waals surface area (Å²) in [7, 11) is 1.65. The quantitative estimate of drug-likeness (QED) is 0.763. The molecule has 1 unspecified atom stereocenters. The van der Waals surface area contributed by atoms with Crippen molar-refractivity contribution in [2.45, 2.75) is 64.6 Å². The van der Waals surface area contributed by atoms with E-state index >= 15 is 0 Å². The van der Waals surface area contributed by atoms with Gasteiger partial charge in [0.25, 0.3) is 0 Å². The van der Waals surface area contributed by atoms with Gasteiger partial charge in [-0.2, -0.15) is 0 Å². The number of nitrogens with zero attached hydrogens (tertiary/aromatic N) is 3. The van der Waals surface area contributed by atoms with Gasteiger partial charge in [-0.15, -0.1) is 0 Å². The van der Waals surface area contributed by atoms with Crippen LogP contribution in [-0.4, -0.2) is 52.5 Å². The lowest BCUT2D eigenvalue weighted by atomic mass is 9.84. The molecule has 2 aliphatic heterocycles. The van der Waals surface area contributed by atoms with Gasteiger partial charge in [-0.1, -0.05) is 6.07 Å². The maximum absolute atomic E-state index is 13.4. The third kappa shape index (κ3) is 3.54. The van der Waals surface area contributed by atoms with Gasteiger partial charge in [0.15, 0.2) is 0 Å². The first-order valence-corrected chi connectivity index (χ1v) is 10.6. The van der Waals surface area contributed by atoms with Crippen molar-refractivity contribution >= 4 is 5.91 Å². The molecule has 0 saturated carbocycles. The Kier molecular flexibility index (Phi) is 5.38. The fourth-order valence-corrected chi connectivity index (χ4v) is 4.84. The van der Waals surface area contributed by atoms with E-state index in [1.54, 1.807) is 7.11 Å². The van der Waals surface area contributed by atoms with Crippen LogP contribution in [0, 0.1) is 6.92 Å². The van der Waals surface area contributed by atoms with Gasteiger partial charge < -0.3 is 14.1 Å². The maximum Gasteiger partial charge on any atom is 0.243 e. The second-order valence-electron chi connectivity index (χ2n) is 8.51. The molecule has 2 fully saturated rings. The zero-order valence-corrected chi connectivity index (χ0v) is 17.9. The fraction of sp³-hybridized carbons (Fsp3) is 0.565. The number of ether oxygens (including phenoxy) is 1. The van der Waals surface area contributed by atoms with Crippen LogP contribution in [-0.2, 0) is 11.3 Å².